The predicted molar refractivity (Wildman–Crippen MR) is 92.0 cm³/mol. The Balaban J connectivity index is 2.36. The molecule has 0 aliphatic heterocycles. The van der Waals surface area contributed by atoms with Gasteiger partial charge in [-0.1, -0.05) is 52.1 Å². The SMILES string of the molecule is CCC(Nc1cc(Br)ccc1C#N)c1ccc(Cl)cc1Cl. The molecule has 0 fully saturated rings. The van der Waals surface area contributed by atoms with Crippen molar-refractivity contribution >= 4 is 44.8 Å². The van der Waals surface area contributed by atoms with Gasteiger partial charge in [-0.2, -0.15) is 5.26 Å². The molecule has 0 aromatic heterocycles. The second-order valence-corrected chi connectivity index (χ2v) is 6.33. The van der Waals surface area contributed by atoms with Gasteiger partial charge in [0.15, 0.2) is 0 Å². The minimum Gasteiger partial charge on any atom is -0.377 e. The lowest BCUT2D eigenvalue weighted by Gasteiger charge is -2.21. The molecule has 0 radical (unpaired) electrons. The summed E-state index contributed by atoms with van der Waals surface area (Å²) < 4.78 is 0.918. The van der Waals surface area contributed by atoms with Gasteiger partial charge in [-0.15, -0.1) is 0 Å². The highest BCUT2D eigenvalue weighted by molar-refractivity contribution is 9.10. The molecule has 0 aliphatic rings. The van der Waals surface area contributed by atoms with E-state index in [4.69, 9.17) is 23.2 Å². The standard InChI is InChI=1S/C16H13BrCl2N2/c1-2-15(13-6-5-12(18)8-14(13)19)21-16-7-11(17)4-3-10(16)9-20/h3-8,15,21H,2H2,1H3. The highest BCUT2D eigenvalue weighted by atomic mass is 79.9. The van der Waals surface area contributed by atoms with Crippen molar-refractivity contribution in [3.63, 3.8) is 0 Å². The van der Waals surface area contributed by atoms with Crippen LogP contribution < -0.4 is 5.32 Å². The van der Waals surface area contributed by atoms with Crippen molar-refractivity contribution in [1.82, 2.24) is 0 Å². The fourth-order valence-electron chi connectivity index (χ4n) is 2.10. The van der Waals surface area contributed by atoms with Crippen LogP contribution in [-0.4, -0.2) is 0 Å². The Bertz CT molecular complexity index is 695. The predicted octanol–water partition coefficient (Wildman–Crippen LogP) is 6.19. The van der Waals surface area contributed by atoms with Gasteiger partial charge in [0.2, 0.25) is 0 Å². The van der Waals surface area contributed by atoms with E-state index < -0.39 is 0 Å². The number of nitriles is 1. The van der Waals surface area contributed by atoms with Gasteiger partial charge in [0, 0.05) is 14.5 Å². The Labute approximate surface area is 142 Å². The molecule has 0 amide bonds. The van der Waals surface area contributed by atoms with Crippen molar-refractivity contribution < 1.29 is 0 Å². The minimum absolute atomic E-state index is 0.0103. The molecule has 5 heteroatoms. The van der Waals surface area contributed by atoms with Crippen LogP contribution in [0.25, 0.3) is 0 Å². The largest absolute Gasteiger partial charge is 0.377 e. The van der Waals surface area contributed by atoms with E-state index in [-0.39, 0.29) is 6.04 Å². The molecule has 0 spiro atoms. The third-order valence-corrected chi connectivity index (χ3v) is 4.23. The summed E-state index contributed by atoms with van der Waals surface area (Å²) in [6.45, 7) is 2.06. The van der Waals surface area contributed by atoms with Gasteiger partial charge >= 0.3 is 0 Å². The molecule has 1 unspecified atom stereocenters. The molecule has 1 N–H and O–H groups in total. The van der Waals surface area contributed by atoms with E-state index in [0.29, 0.717) is 15.6 Å². The Hall–Kier alpha value is -1.21. The first-order chi connectivity index (χ1) is 10.0. The Morgan fingerprint density at radius 1 is 1.24 bits per heavy atom. The normalized spacial score (nSPS) is 11.8. The highest BCUT2D eigenvalue weighted by Gasteiger charge is 2.15. The first-order valence-corrected chi connectivity index (χ1v) is 8.01. The van der Waals surface area contributed by atoms with Gasteiger partial charge in [0.05, 0.1) is 17.3 Å². The van der Waals surface area contributed by atoms with E-state index in [2.05, 4.69) is 34.2 Å². The minimum atomic E-state index is 0.0103. The lowest BCUT2D eigenvalue weighted by Crippen LogP contribution is -2.11. The van der Waals surface area contributed by atoms with E-state index in [1.165, 1.54) is 0 Å². The third-order valence-electron chi connectivity index (χ3n) is 3.18. The van der Waals surface area contributed by atoms with Gasteiger partial charge < -0.3 is 5.32 Å². The number of anilines is 1. The molecule has 2 rings (SSSR count). The fraction of sp³-hybridized carbons (Fsp3) is 0.188. The molecular formula is C16H13BrCl2N2. The molecular weight excluding hydrogens is 371 g/mol. The fourth-order valence-corrected chi connectivity index (χ4v) is 3.01. The quantitative estimate of drug-likeness (QED) is 0.682. The zero-order valence-corrected chi connectivity index (χ0v) is 14.4. The third kappa shape index (κ3) is 3.91. The second-order valence-electron chi connectivity index (χ2n) is 4.57. The molecule has 21 heavy (non-hydrogen) atoms. The number of rotatable bonds is 4. The van der Waals surface area contributed by atoms with Crippen molar-refractivity contribution in [1.29, 1.82) is 5.26 Å². The first-order valence-electron chi connectivity index (χ1n) is 6.46. The molecule has 2 aromatic carbocycles. The van der Waals surface area contributed by atoms with Gasteiger partial charge in [0.25, 0.3) is 0 Å². The topological polar surface area (TPSA) is 35.8 Å². The summed E-state index contributed by atoms with van der Waals surface area (Å²) in [6.07, 6.45) is 0.832. The number of hydrogen-bond acceptors (Lipinski definition) is 2. The summed E-state index contributed by atoms with van der Waals surface area (Å²) >= 11 is 15.6. The maximum atomic E-state index is 9.21. The zero-order chi connectivity index (χ0) is 15.4. The van der Waals surface area contributed by atoms with E-state index in [0.717, 1.165) is 22.1 Å². The first kappa shape index (κ1) is 16.2. The maximum Gasteiger partial charge on any atom is 0.101 e. The number of benzene rings is 2. The van der Waals surface area contributed by atoms with Crippen LogP contribution in [0.1, 0.15) is 30.5 Å². The lowest BCUT2D eigenvalue weighted by molar-refractivity contribution is 0.749. The summed E-state index contributed by atoms with van der Waals surface area (Å²) in [5, 5.41) is 13.8. The Morgan fingerprint density at radius 3 is 2.62 bits per heavy atom. The van der Waals surface area contributed by atoms with Crippen molar-refractivity contribution in [2.24, 2.45) is 0 Å². The van der Waals surface area contributed by atoms with Crippen molar-refractivity contribution in [3.8, 4) is 6.07 Å². The average molecular weight is 384 g/mol. The highest BCUT2D eigenvalue weighted by Crippen LogP contribution is 2.32. The van der Waals surface area contributed by atoms with Crippen LogP contribution in [0.2, 0.25) is 10.0 Å². The smallest absolute Gasteiger partial charge is 0.101 e. The van der Waals surface area contributed by atoms with Crippen LogP contribution in [0.3, 0.4) is 0 Å². The molecule has 0 saturated heterocycles. The van der Waals surface area contributed by atoms with Crippen LogP contribution in [0.5, 0.6) is 0 Å². The van der Waals surface area contributed by atoms with Crippen LogP contribution in [0.4, 0.5) is 5.69 Å². The zero-order valence-electron chi connectivity index (χ0n) is 11.3. The summed E-state index contributed by atoms with van der Waals surface area (Å²) in [5.41, 5.74) is 2.35. The van der Waals surface area contributed by atoms with Gasteiger partial charge in [-0.05, 0) is 42.3 Å². The molecule has 0 heterocycles. The van der Waals surface area contributed by atoms with Crippen molar-refractivity contribution in [2.75, 3.05) is 5.32 Å². The summed E-state index contributed by atoms with van der Waals surface area (Å²) in [5.74, 6) is 0. The molecule has 0 saturated carbocycles. The molecule has 0 bridgehead atoms. The summed E-state index contributed by atoms with van der Waals surface area (Å²) in [4.78, 5) is 0. The van der Waals surface area contributed by atoms with E-state index in [1.807, 2.05) is 24.3 Å². The molecule has 0 aliphatic carbocycles. The van der Waals surface area contributed by atoms with Gasteiger partial charge in [0.1, 0.15) is 6.07 Å². The number of halogens is 3. The number of nitrogens with zero attached hydrogens (tertiary/aromatic N) is 1. The van der Waals surface area contributed by atoms with E-state index in [1.54, 1.807) is 12.1 Å². The van der Waals surface area contributed by atoms with Crippen LogP contribution >= 0.6 is 39.1 Å². The molecule has 108 valence electrons. The molecule has 2 nitrogen and oxygen atoms in total. The number of hydrogen-bond donors (Lipinski definition) is 1. The molecule has 2 aromatic rings. The summed E-state index contributed by atoms with van der Waals surface area (Å²) in [7, 11) is 0. The van der Waals surface area contributed by atoms with Crippen molar-refractivity contribution in [3.05, 3.63) is 62.0 Å². The monoisotopic (exact) mass is 382 g/mol. The van der Waals surface area contributed by atoms with Gasteiger partial charge in [-0.25, -0.2) is 0 Å². The Morgan fingerprint density at radius 2 is 2.00 bits per heavy atom. The Kier molecular flexibility index (Phi) is 5.52. The van der Waals surface area contributed by atoms with E-state index >= 15 is 0 Å². The average Bonchev–Trinajstić information content (AvgIpc) is 2.45. The number of nitrogens with one attached hydrogen (secondary N) is 1. The van der Waals surface area contributed by atoms with E-state index in [9.17, 15) is 5.26 Å². The maximum absolute atomic E-state index is 9.21. The van der Waals surface area contributed by atoms with Gasteiger partial charge in [-0.3, -0.25) is 0 Å². The molecule has 1 atom stereocenters. The second kappa shape index (κ2) is 7.17. The summed E-state index contributed by atoms with van der Waals surface area (Å²) in [6, 6.07) is 13.2. The van der Waals surface area contributed by atoms with Crippen LogP contribution in [0.15, 0.2) is 40.9 Å². The van der Waals surface area contributed by atoms with Crippen LogP contribution in [0, 0.1) is 11.3 Å². The lowest BCUT2D eigenvalue weighted by atomic mass is 10.0. The van der Waals surface area contributed by atoms with Crippen LogP contribution in [-0.2, 0) is 0 Å². The van der Waals surface area contributed by atoms with Crippen molar-refractivity contribution in [2.45, 2.75) is 19.4 Å².